The van der Waals surface area contributed by atoms with Gasteiger partial charge in [-0.3, -0.25) is 0 Å². The van der Waals surface area contributed by atoms with Gasteiger partial charge in [-0.15, -0.1) is 0 Å². The van der Waals surface area contributed by atoms with Gasteiger partial charge < -0.3 is 44.9 Å². The molecule has 0 spiro atoms. The Bertz CT molecular complexity index is 671. The molecule has 1 unspecified atom stereocenters. The standard InChI is InChI=1S/C21H44O4.H5O10P3/c1-2-3-4-5-6-7-8-9-10-11-12-13-14-15-16-20(25)21(17-22,18-23)19-24;1-11(2,3)9-13(7,8)10-12(4,5)6/h20,22-25H,2-19H2,1H3;(H,7,8)(H2,1,2,3)(H2,4,5,6). The lowest BCUT2D eigenvalue weighted by atomic mass is 9.82. The molecule has 0 saturated heterocycles. The molecule has 0 aromatic carbocycles. The Balaban J connectivity index is 0. The fraction of sp³-hybridized carbons (Fsp3) is 1.00. The van der Waals surface area contributed by atoms with Crippen LogP contribution in [0.25, 0.3) is 0 Å². The lowest BCUT2D eigenvalue weighted by Gasteiger charge is -2.32. The molecular weight excluding hydrogens is 569 g/mol. The molecule has 0 radical (unpaired) electrons. The van der Waals surface area contributed by atoms with E-state index in [-0.39, 0.29) is 19.8 Å². The Hall–Kier alpha value is 0.250. The molecule has 0 aromatic rings. The average Bonchev–Trinajstić information content (AvgIpc) is 2.78. The molecule has 0 aliphatic carbocycles. The molecule has 0 aliphatic rings. The number of hydrogen-bond acceptors (Lipinski definition) is 9. The number of aliphatic hydroxyl groups excluding tert-OH is 4. The highest BCUT2D eigenvalue weighted by atomic mass is 31.3. The number of rotatable bonds is 23. The van der Waals surface area contributed by atoms with Gasteiger partial charge in [-0.2, -0.15) is 8.62 Å². The second kappa shape index (κ2) is 21.9. The van der Waals surface area contributed by atoms with Crippen LogP contribution in [0, 0.1) is 5.41 Å². The van der Waals surface area contributed by atoms with Crippen molar-refractivity contribution in [3.63, 3.8) is 0 Å². The van der Waals surface area contributed by atoms with Crippen molar-refractivity contribution in [2.24, 2.45) is 5.41 Å². The van der Waals surface area contributed by atoms with Gasteiger partial charge in [-0.1, -0.05) is 96.8 Å². The number of aliphatic hydroxyl groups is 4. The molecule has 0 bridgehead atoms. The maximum atomic E-state index is 10.4. The van der Waals surface area contributed by atoms with Crippen LogP contribution in [0.5, 0.6) is 0 Å². The summed E-state index contributed by atoms with van der Waals surface area (Å²) in [7, 11) is -16.2. The number of unbranched alkanes of at least 4 members (excludes halogenated alkanes) is 13. The van der Waals surface area contributed by atoms with Crippen LogP contribution in [-0.4, -0.2) is 70.8 Å². The second-order valence-electron chi connectivity index (χ2n) is 9.35. The summed E-state index contributed by atoms with van der Waals surface area (Å²) in [6.45, 7) is 1.09. The normalized spacial score (nSPS) is 13.7. The van der Waals surface area contributed by atoms with E-state index in [1.54, 1.807) is 0 Å². The first kappa shape index (κ1) is 40.4. The Morgan fingerprint density at radius 3 is 1.13 bits per heavy atom. The molecule has 232 valence electrons. The zero-order chi connectivity index (χ0) is 29.7. The third-order valence-electron chi connectivity index (χ3n) is 5.90. The Kier molecular flexibility index (Phi) is 23.3. The topological polar surface area (TPSA) is 252 Å². The fourth-order valence-corrected chi connectivity index (χ4v) is 6.13. The molecule has 0 aromatic heterocycles. The van der Waals surface area contributed by atoms with E-state index in [0.717, 1.165) is 12.8 Å². The molecule has 0 aliphatic heterocycles. The van der Waals surface area contributed by atoms with Gasteiger partial charge in [0.25, 0.3) is 0 Å². The minimum atomic E-state index is -5.46. The zero-order valence-corrected chi connectivity index (χ0v) is 24.9. The van der Waals surface area contributed by atoms with Gasteiger partial charge in [0.1, 0.15) is 0 Å². The molecule has 14 nitrogen and oxygen atoms in total. The minimum Gasteiger partial charge on any atom is -0.396 e. The van der Waals surface area contributed by atoms with E-state index in [0.29, 0.717) is 6.42 Å². The van der Waals surface area contributed by atoms with Crippen LogP contribution >= 0.6 is 23.5 Å². The van der Waals surface area contributed by atoms with Crippen molar-refractivity contribution in [1.82, 2.24) is 0 Å². The molecule has 0 amide bonds. The molecule has 38 heavy (non-hydrogen) atoms. The van der Waals surface area contributed by atoms with Gasteiger partial charge in [0.15, 0.2) is 0 Å². The summed E-state index contributed by atoms with van der Waals surface area (Å²) in [6.07, 6.45) is 17.7. The Morgan fingerprint density at radius 1 is 0.579 bits per heavy atom. The van der Waals surface area contributed by atoms with Crippen LogP contribution in [0.2, 0.25) is 0 Å². The summed E-state index contributed by atoms with van der Waals surface area (Å²) in [4.78, 5) is 40.2. The Labute approximate surface area is 225 Å². The summed E-state index contributed by atoms with van der Waals surface area (Å²) >= 11 is 0. The van der Waals surface area contributed by atoms with E-state index in [4.69, 9.17) is 24.5 Å². The highest BCUT2D eigenvalue weighted by molar-refractivity contribution is 7.66. The molecular formula is C21H49O14P3. The van der Waals surface area contributed by atoms with Crippen molar-refractivity contribution < 1.29 is 67.2 Å². The van der Waals surface area contributed by atoms with E-state index < -0.39 is 35.0 Å². The van der Waals surface area contributed by atoms with Crippen molar-refractivity contribution in [2.45, 2.75) is 109 Å². The summed E-state index contributed by atoms with van der Waals surface area (Å²) < 4.78 is 36.4. The maximum Gasteiger partial charge on any atom is 0.490 e. The third-order valence-corrected chi connectivity index (χ3v) is 9.25. The third kappa shape index (κ3) is 24.1. The maximum absolute atomic E-state index is 10.4. The predicted octanol–water partition coefficient (Wildman–Crippen LogP) is 3.49. The molecule has 1 atom stereocenters. The zero-order valence-electron chi connectivity index (χ0n) is 22.2. The van der Waals surface area contributed by atoms with Crippen LogP contribution in [-0.2, 0) is 22.3 Å². The van der Waals surface area contributed by atoms with Gasteiger partial charge in [-0.25, -0.2) is 13.7 Å². The van der Waals surface area contributed by atoms with E-state index in [9.17, 15) is 34.1 Å². The lowest BCUT2D eigenvalue weighted by molar-refractivity contribution is -0.0863. The van der Waals surface area contributed by atoms with E-state index in [1.807, 2.05) is 0 Å². The quantitative estimate of drug-likeness (QED) is 0.0587. The van der Waals surface area contributed by atoms with Crippen molar-refractivity contribution in [2.75, 3.05) is 19.8 Å². The Morgan fingerprint density at radius 2 is 0.868 bits per heavy atom. The highest BCUT2D eigenvalue weighted by Gasteiger charge is 2.38. The van der Waals surface area contributed by atoms with Gasteiger partial charge >= 0.3 is 23.5 Å². The van der Waals surface area contributed by atoms with Crippen molar-refractivity contribution >= 4 is 23.5 Å². The first-order chi connectivity index (χ1) is 17.6. The van der Waals surface area contributed by atoms with Crippen LogP contribution < -0.4 is 0 Å². The molecule has 0 heterocycles. The second-order valence-corrected chi connectivity index (χ2v) is 13.6. The average molecular weight is 619 g/mol. The summed E-state index contributed by atoms with van der Waals surface area (Å²) in [5.74, 6) is 0. The summed E-state index contributed by atoms with van der Waals surface area (Å²) in [5, 5.41) is 37.9. The van der Waals surface area contributed by atoms with Gasteiger partial charge in [0.05, 0.1) is 31.3 Å². The monoisotopic (exact) mass is 618 g/mol. The predicted molar refractivity (Wildman–Crippen MR) is 141 cm³/mol. The van der Waals surface area contributed by atoms with Crippen LogP contribution in [0.1, 0.15) is 103 Å². The van der Waals surface area contributed by atoms with E-state index in [2.05, 4.69) is 15.5 Å². The first-order valence-electron chi connectivity index (χ1n) is 12.9. The fourth-order valence-electron chi connectivity index (χ4n) is 3.59. The number of phosphoric acid groups is 3. The molecule has 0 rings (SSSR count). The lowest BCUT2D eigenvalue weighted by Crippen LogP contribution is -2.45. The molecule has 17 heteroatoms. The highest BCUT2D eigenvalue weighted by Crippen LogP contribution is 2.64. The summed E-state index contributed by atoms with van der Waals surface area (Å²) in [6, 6.07) is 0. The largest absolute Gasteiger partial charge is 0.490 e. The molecule has 0 fully saturated rings. The summed E-state index contributed by atoms with van der Waals surface area (Å²) in [5.41, 5.74) is -1.16. The number of hydrogen-bond donors (Lipinski definition) is 9. The molecule has 9 N–H and O–H groups in total. The van der Waals surface area contributed by atoms with Gasteiger partial charge in [0, 0.05) is 0 Å². The van der Waals surface area contributed by atoms with E-state index >= 15 is 0 Å². The van der Waals surface area contributed by atoms with Crippen molar-refractivity contribution in [3.05, 3.63) is 0 Å². The van der Waals surface area contributed by atoms with Crippen LogP contribution in [0.3, 0.4) is 0 Å². The van der Waals surface area contributed by atoms with Gasteiger partial charge in [0.2, 0.25) is 0 Å². The van der Waals surface area contributed by atoms with Gasteiger partial charge in [-0.05, 0) is 6.42 Å². The minimum absolute atomic E-state index is 0.389. The molecule has 0 saturated carbocycles. The SMILES string of the molecule is CCCCCCCCCCCCCCCCC(O)C(CO)(CO)CO.O=P(O)(O)OP(=O)(O)OP(=O)(O)O. The smallest absolute Gasteiger partial charge is 0.396 e. The van der Waals surface area contributed by atoms with E-state index in [1.165, 1.54) is 77.0 Å². The van der Waals surface area contributed by atoms with Crippen molar-refractivity contribution in [3.8, 4) is 0 Å². The van der Waals surface area contributed by atoms with Crippen molar-refractivity contribution in [1.29, 1.82) is 0 Å². The van der Waals surface area contributed by atoms with Crippen LogP contribution in [0.15, 0.2) is 0 Å². The first-order valence-corrected chi connectivity index (χ1v) is 17.5. The van der Waals surface area contributed by atoms with Crippen LogP contribution in [0.4, 0.5) is 0 Å².